The highest BCUT2D eigenvalue weighted by Gasteiger charge is 2.33. The molecule has 1 saturated heterocycles. The number of anilines is 1. The fourth-order valence-corrected chi connectivity index (χ4v) is 5.48. The molecule has 4 rings (SSSR count). The second kappa shape index (κ2) is 12.1. The molecule has 37 heavy (non-hydrogen) atoms. The molecule has 2 N–H and O–H groups in total. The summed E-state index contributed by atoms with van der Waals surface area (Å²) < 4.78 is 38.9. The fourth-order valence-electron chi connectivity index (χ4n) is 5.48. The molecule has 0 spiro atoms. The number of piperidine rings is 1. The predicted octanol–water partition coefficient (Wildman–Crippen LogP) is 5.96. The lowest BCUT2D eigenvalue weighted by Gasteiger charge is -2.37. The molecule has 1 aliphatic carbocycles. The Morgan fingerprint density at radius 1 is 1.03 bits per heavy atom. The summed E-state index contributed by atoms with van der Waals surface area (Å²) >= 11 is 0. The molecule has 0 bridgehead atoms. The van der Waals surface area contributed by atoms with Crippen LogP contribution in [0.15, 0.2) is 42.5 Å². The van der Waals surface area contributed by atoms with Crippen molar-refractivity contribution < 1.29 is 22.8 Å². The number of aromatic nitrogens is 1. The van der Waals surface area contributed by atoms with E-state index in [0.717, 1.165) is 56.8 Å². The molecule has 1 aromatic carbocycles. The smallest absolute Gasteiger partial charge is 0.353 e. The number of nitrogens with one attached hydrogen (secondary N) is 2. The molecule has 1 atom stereocenters. The van der Waals surface area contributed by atoms with E-state index in [-0.39, 0.29) is 23.6 Å². The van der Waals surface area contributed by atoms with E-state index in [1.807, 2.05) is 18.2 Å². The van der Waals surface area contributed by atoms with Crippen molar-refractivity contribution in [2.24, 2.45) is 5.92 Å². The Hall–Kier alpha value is -2.94. The zero-order chi connectivity index (χ0) is 26.4. The third kappa shape index (κ3) is 7.09. The Balaban J connectivity index is 1.36. The first-order valence-corrected chi connectivity index (χ1v) is 13.2. The number of rotatable bonds is 7. The fraction of sp³-hybridized carbons (Fsp3) is 0.536. The first-order chi connectivity index (χ1) is 17.7. The first-order valence-electron chi connectivity index (χ1n) is 13.2. The van der Waals surface area contributed by atoms with Gasteiger partial charge in [-0.25, -0.2) is 4.98 Å². The SMILES string of the molecule is CCC(c1cccc(NC(=O)c2cccc(C(F)(F)F)n2)c1)N1CCC(C(=O)NC2CCCCC2)CC1. The number of pyridine rings is 1. The monoisotopic (exact) mass is 516 g/mol. The largest absolute Gasteiger partial charge is 0.433 e. The number of halogens is 3. The Kier molecular flexibility index (Phi) is 8.84. The number of carbonyl (C=O) groups excluding carboxylic acids is 2. The molecule has 1 aromatic heterocycles. The van der Waals surface area contributed by atoms with Crippen molar-refractivity contribution in [1.29, 1.82) is 0 Å². The Morgan fingerprint density at radius 3 is 2.41 bits per heavy atom. The van der Waals surface area contributed by atoms with E-state index >= 15 is 0 Å². The van der Waals surface area contributed by atoms with Crippen LogP contribution in [-0.2, 0) is 11.0 Å². The van der Waals surface area contributed by atoms with Gasteiger partial charge < -0.3 is 10.6 Å². The molecule has 200 valence electrons. The third-order valence-electron chi connectivity index (χ3n) is 7.48. The van der Waals surface area contributed by atoms with Crippen LogP contribution in [0.25, 0.3) is 0 Å². The van der Waals surface area contributed by atoms with Crippen LogP contribution in [0.1, 0.15) is 86.1 Å². The number of benzene rings is 1. The maximum absolute atomic E-state index is 13.0. The summed E-state index contributed by atoms with van der Waals surface area (Å²) in [7, 11) is 0. The van der Waals surface area contributed by atoms with E-state index in [9.17, 15) is 22.8 Å². The van der Waals surface area contributed by atoms with Gasteiger partial charge in [-0.3, -0.25) is 14.5 Å². The normalized spacial score (nSPS) is 18.8. The zero-order valence-corrected chi connectivity index (χ0v) is 21.2. The van der Waals surface area contributed by atoms with Crippen molar-refractivity contribution in [2.75, 3.05) is 18.4 Å². The van der Waals surface area contributed by atoms with E-state index < -0.39 is 17.8 Å². The number of carbonyl (C=O) groups is 2. The average molecular weight is 517 g/mol. The van der Waals surface area contributed by atoms with Crippen molar-refractivity contribution >= 4 is 17.5 Å². The molecule has 2 aliphatic rings. The van der Waals surface area contributed by atoms with Gasteiger partial charge in [0, 0.05) is 23.7 Å². The molecule has 6 nitrogen and oxygen atoms in total. The number of likely N-dealkylation sites (tertiary alicyclic amines) is 1. The standard InChI is InChI=1S/C28H35F3N4O2/c1-2-24(35-16-14-19(15-17-35)26(36)32-21-9-4-3-5-10-21)20-8-6-11-22(18-20)33-27(37)23-12-7-13-25(34-23)28(29,30)31/h6-8,11-13,18-19,21,24H,2-5,9-10,14-17H2,1H3,(H,32,36)(H,33,37). The van der Waals surface area contributed by atoms with E-state index in [1.54, 1.807) is 6.07 Å². The predicted molar refractivity (Wildman–Crippen MR) is 136 cm³/mol. The number of nitrogens with zero attached hydrogens (tertiary/aromatic N) is 2. The summed E-state index contributed by atoms with van der Waals surface area (Å²) in [6.07, 6.45) is 3.67. The number of amides is 2. The van der Waals surface area contributed by atoms with Crippen LogP contribution < -0.4 is 10.6 Å². The maximum atomic E-state index is 13.0. The van der Waals surface area contributed by atoms with E-state index in [2.05, 4.69) is 27.4 Å². The topological polar surface area (TPSA) is 74.3 Å². The molecule has 9 heteroatoms. The van der Waals surface area contributed by atoms with Gasteiger partial charge >= 0.3 is 6.18 Å². The van der Waals surface area contributed by atoms with Crippen LogP contribution in [-0.4, -0.2) is 40.8 Å². The van der Waals surface area contributed by atoms with Gasteiger partial charge in [0.2, 0.25) is 5.91 Å². The first kappa shape index (κ1) is 27.1. The molecule has 1 unspecified atom stereocenters. The lowest BCUT2D eigenvalue weighted by atomic mass is 9.91. The summed E-state index contributed by atoms with van der Waals surface area (Å²) in [6.45, 7) is 3.72. The summed E-state index contributed by atoms with van der Waals surface area (Å²) in [5, 5.41) is 5.94. The molecule has 2 heterocycles. The molecule has 2 fully saturated rings. The van der Waals surface area contributed by atoms with E-state index in [4.69, 9.17) is 0 Å². The Morgan fingerprint density at radius 2 is 1.73 bits per heavy atom. The lowest BCUT2D eigenvalue weighted by molar-refractivity contribution is -0.141. The Labute approximate surface area is 216 Å². The molecule has 2 aromatic rings. The minimum Gasteiger partial charge on any atom is -0.353 e. The molecular formula is C28H35F3N4O2. The van der Waals surface area contributed by atoms with Crippen LogP contribution in [0.4, 0.5) is 18.9 Å². The van der Waals surface area contributed by atoms with Gasteiger partial charge in [0.05, 0.1) is 0 Å². The van der Waals surface area contributed by atoms with Gasteiger partial charge in [0.25, 0.3) is 5.91 Å². The maximum Gasteiger partial charge on any atom is 0.433 e. The van der Waals surface area contributed by atoms with Crippen LogP contribution in [0.3, 0.4) is 0 Å². The molecular weight excluding hydrogens is 481 g/mol. The summed E-state index contributed by atoms with van der Waals surface area (Å²) in [5.74, 6) is -0.463. The van der Waals surface area contributed by atoms with Crippen LogP contribution >= 0.6 is 0 Å². The summed E-state index contributed by atoms with van der Waals surface area (Å²) in [4.78, 5) is 31.2. The van der Waals surface area contributed by atoms with Crippen LogP contribution in [0.2, 0.25) is 0 Å². The highest BCUT2D eigenvalue weighted by Crippen LogP contribution is 2.31. The second-order valence-corrected chi connectivity index (χ2v) is 10.1. The minimum atomic E-state index is -4.62. The zero-order valence-electron chi connectivity index (χ0n) is 21.2. The van der Waals surface area contributed by atoms with Crippen LogP contribution in [0, 0.1) is 5.92 Å². The molecule has 2 amide bonds. The number of hydrogen-bond acceptors (Lipinski definition) is 4. The van der Waals surface area contributed by atoms with E-state index in [0.29, 0.717) is 11.7 Å². The molecule has 0 radical (unpaired) electrons. The van der Waals surface area contributed by atoms with Gasteiger partial charge in [-0.15, -0.1) is 0 Å². The quantitative estimate of drug-likeness (QED) is 0.476. The van der Waals surface area contributed by atoms with Gasteiger partial charge in [0.1, 0.15) is 11.4 Å². The second-order valence-electron chi connectivity index (χ2n) is 10.1. The lowest BCUT2D eigenvalue weighted by Crippen LogP contribution is -2.45. The molecule has 1 saturated carbocycles. The molecule has 1 aliphatic heterocycles. The van der Waals surface area contributed by atoms with Crippen molar-refractivity contribution in [3.63, 3.8) is 0 Å². The van der Waals surface area contributed by atoms with Gasteiger partial charge in [-0.2, -0.15) is 13.2 Å². The van der Waals surface area contributed by atoms with Crippen molar-refractivity contribution in [1.82, 2.24) is 15.2 Å². The number of hydrogen-bond donors (Lipinski definition) is 2. The van der Waals surface area contributed by atoms with Gasteiger partial charge in [-0.05, 0) is 75.0 Å². The average Bonchev–Trinajstić information content (AvgIpc) is 2.90. The Bertz CT molecular complexity index is 1080. The van der Waals surface area contributed by atoms with Crippen molar-refractivity contribution in [3.05, 3.63) is 59.4 Å². The highest BCUT2D eigenvalue weighted by atomic mass is 19.4. The minimum absolute atomic E-state index is 0.0428. The number of alkyl halides is 3. The van der Waals surface area contributed by atoms with Crippen molar-refractivity contribution in [3.8, 4) is 0 Å². The van der Waals surface area contributed by atoms with E-state index in [1.165, 1.54) is 31.4 Å². The van der Waals surface area contributed by atoms with Gasteiger partial charge in [-0.1, -0.05) is 44.4 Å². The van der Waals surface area contributed by atoms with Crippen molar-refractivity contribution in [2.45, 2.75) is 76.6 Å². The van der Waals surface area contributed by atoms with Crippen LogP contribution in [0.5, 0.6) is 0 Å². The summed E-state index contributed by atoms with van der Waals surface area (Å²) in [5.41, 5.74) is 0.126. The highest BCUT2D eigenvalue weighted by molar-refractivity contribution is 6.02. The third-order valence-corrected chi connectivity index (χ3v) is 7.48. The summed E-state index contributed by atoms with van der Waals surface area (Å²) in [6, 6.07) is 11.1. The van der Waals surface area contributed by atoms with Gasteiger partial charge in [0.15, 0.2) is 0 Å².